The molecular formula is C10H14N2O4S2. The molecule has 1 unspecified atom stereocenters. The summed E-state index contributed by atoms with van der Waals surface area (Å²) in [5.41, 5.74) is 0. The van der Waals surface area contributed by atoms with Crippen molar-refractivity contribution >= 4 is 35.0 Å². The molecule has 1 aromatic rings. The highest BCUT2D eigenvalue weighted by molar-refractivity contribution is 8.01. The van der Waals surface area contributed by atoms with Gasteiger partial charge in [0.15, 0.2) is 4.34 Å². The number of aromatic nitrogens is 2. The van der Waals surface area contributed by atoms with Gasteiger partial charge in [0, 0.05) is 5.75 Å². The van der Waals surface area contributed by atoms with Crippen molar-refractivity contribution in [1.29, 1.82) is 0 Å². The van der Waals surface area contributed by atoms with Gasteiger partial charge in [0.25, 0.3) is 0 Å². The fourth-order valence-corrected chi connectivity index (χ4v) is 3.08. The summed E-state index contributed by atoms with van der Waals surface area (Å²) in [6.45, 7) is 1.86. The summed E-state index contributed by atoms with van der Waals surface area (Å²) < 4.78 is 9.98. The molecule has 0 aliphatic rings. The molecule has 6 nitrogen and oxygen atoms in total. The quantitative estimate of drug-likeness (QED) is 0.577. The molecule has 0 aliphatic carbocycles. The number of ether oxygens (including phenoxy) is 2. The molecule has 1 rings (SSSR count). The predicted octanol–water partition coefficient (Wildman–Crippen LogP) is 1.29. The molecule has 1 aromatic heterocycles. The van der Waals surface area contributed by atoms with Crippen LogP contribution in [0.15, 0.2) is 4.34 Å². The van der Waals surface area contributed by atoms with Crippen LogP contribution in [0.5, 0.6) is 0 Å². The molecule has 0 saturated heterocycles. The van der Waals surface area contributed by atoms with Gasteiger partial charge in [-0.2, -0.15) is 0 Å². The van der Waals surface area contributed by atoms with Crippen LogP contribution in [0.3, 0.4) is 0 Å². The zero-order valence-electron chi connectivity index (χ0n) is 10.3. The number of aryl methyl sites for hydroxylation is 1. The van der Waals surface area contributed by atoms with Gasteiger partial charge in [-0.3, -0.25) is 9.59 Å². The lowest BCUT2D eigenvalue weighted by Gasteiger charge is -2.11. The smallest absolute Gasteiger partial charge is 0.310 e. The van der Waals surface area contributed by atoms with Crippen molar-refractivity contribution in [3.05, 3.63) is 5.01 Å². The number of hydrogen-bond acceptors (Lipinski definition) is 8. The van der Waals surface area contributed by atoms with E-state index >= 15 is 0 Å². The van der Waals surface area contributed by atoms with Crippen molar-refractivity contribution in [2.75, 3.05) is 20.0 Å². The van der Waals surface area contributed by atoms with E-state index in [2.05, 4.69) is 19.7 Å². The Kier molecular flexibility index (Phi) is 6.06. The molecule has 0 saturated carbocycles. The fraction of sp³-hybridized carbons (Fsp3) is 0.600. The minimum Gasteiger partial charge on any atom is -0.469 e. The number of carbonyl (C=O) groups is 2. The molecule has 1 atom stereocenters. The van der Waals surface area contributed by atoms with Crippen molar-refractivity contribution in [3.8, 4) is 0 Å². The lowest BCUT2D eigenvalue weighted by Crippen LogP contribution is -2.22. The first-order valence-corrected chi connectivity index (χ1v) is 6.94. The van der Waals surface area contributed by atoms with Crippen LogP contribution < -0.4 is 0 Å². The van der Waals surface area contributed by atoms with Crippen LogP contribution in [-0.4, -0.2) is 42.1 Å². The number of thioether (sulfide) groups is 1. The highest BCUT2D eigenvalue weighted by Crippen LogP contribution is 2.25. The Balaban J connectivity index is 2.55. The van der Waals surface area contributed by atoms with Crippen LogP contribution in [-0.2, 0) is 19.1 Å². The standard InChI is InChI=1S/C10H14N2O4S2/c1-6-11-12-10(18-6)17-5-7(9(14)16-3)4-8(13)15-2/h7H,4-5H2,1-3H3. The van der Waals surface area contributed by atoms with Crippen LogP contribution in [0.2, 0.25) is 0 Å². The largest absolute Gasteiger partial charge is 0.469 e. The molecule has 0 spiro atoms. The SMILES string of the molecule is COC(=O)CC(CSc1nnc(C)s1)C(=O)OC. The summed E-state index contributed by atoms with van der Waals surface area (Å²) in [6, 6.07) is 0. The Bertz CT molecular complexity index is 422. The van der Waals surface area contributed by atoms with Gasteiger partial charge in [-0.05, 0) is 6.92 Å². The first-order chi connectivity index (χ1) is 8.56. The molecule has 0 N–H and O–H groups in total. The maximum absolute atomic E-state index is 11.5. The second-order valence-corrected chi connectivity index (χ2v) is 5.85. The molecule has 0 fully saturated rings. The first kappa shape index (κ1) is 14.9. The van der Waals surface area contributed by atoms with E-state index in [1.165, 1.54) is 37.3 Å². The summed E-state index contributed by atoms with van der Waals surface area (Å²) in [5.74, 6) is -0.971. The van der Waals surface area contributed by atoms with E-state index in [0.29, 0.717) is 5.75 Å². The summed E-state index contributed by atoms with van der Waals surface area (Å²) in [7, 11) is 2.59. The van der Waals surface area contributed by atoms with Gasteiger partial charge < -0.3 is 9.47 Å². The Labute approximate surface area is 113 Å². The van der Waals surface area contributed by atoms with E-state index in [4.69, 9.17) is 0 Å². The van der Waals surface area contributed by atoms with E-state index in [-0.39, 0.29) is 6.42 Å². The summed E-state index contributed by atoms with van der Waals surface area (Å²) in [4.78, 5) is 22.7. The topological polar surface area (TPSA) is 78.4 Å². The van der Waals surface area contributed by atoms with Crippen LogP contribution in [0, 0.1) is 12.8 Å². The lowest BCUT2D eigenvalue weighted by atomic mass is 10.1. The summed E-state index contributed by atoms with van der Waals surface area (Å²) in [6.07, 6.45) is 0.00790. The van der Waals surface area contributed by atoms with E-state index in [0.717, 1.165) is 9.35 Å². The van der Waals surface area contributed by atoms with Gasteiger partial charge in [-0.1, -0.05) is 23.1 Å². The number of esters is 2. The van der Waals surface area contributed by atoms with Crippen LogP contribution >= 0.6 is 23.1 Å². The maximum Gasteiger partial charge on any atom is 0.310 e. The van der Waals surface area contributed by atoms with Gasteiger partial charge in [-0.15, -0.1) is 10.2 Å². The number of hydrogen-bond donors (Lipinski definition) is 0. The van der Waals surface area contributed by atoms with Crippen LogP contribution in [0.25, 0.3) is 0 Å². The normalized spacial score (nSPS) is 11.9. The molecule has 1 heterocycles. The molecular weight excluding hydrogens is 276 g/mol. The third kappa shape index (κ3) is 4.61. The third-order valence-electron chi connectivity index (χ3n) is 2.09. The molecule has 100 valence electrons. The van der Waals surface area contributed by atoms with Gasteiger partial charge in [-0.25, -0.2) is 0 Å². The van der Waals surface area contributed by atoms with Gasteiger partial charge in [0.2, 0.25) is 0 Å². The first-order valence-electron chi connectivity index (χ1n) is 5.14. The van der Waals surface area contributed by atoms with Crippen molar-refractivity contribution in [1.82, 2.24) is 10.2 Å². The van der Waals surface area contributed by atoms with E-state index in [1.807, 2.05) is 6.92 Å². The van der Waals surface area contributed by atoms with Crippen molar-refractivity contribution < 1.29 is 19.1 Å². The third-order valence-corrected chi connectivity index (χ3v) is 4.23. The van der Waals surface area contributed by atoms with Crippen LogP contribution in [0.4, 0.5) is 0 Å². The minimum absolute atomic E-state index is 0.00790. The molecule has 0 aromatic carbocycles. The molecule has 0 radical (unpaired) electrons. The van der Waals surface area contributed by atoms with Crippen molar-refractivity contribution in [2.24, 2.45) is 5.92 Å². The van der Waals surface area contributed by atoms with Gasteiger partial charge in [0.1, 0.15) is 5.01 Å². The van der Waals surface area contributed by atoms with E-state index in [9.17, 15) is 9.59 Å². The average Bonchev–Trinajstić information content (AvgIpc) is 2.78. The Morgan fingerprint density at radius 3 is 2.56 bits per heavy atom. The fourth-order valence-electron chi connectivity index (χ4n) is 1.17. The molecule has 18 heavy (non-hydrogen) atoms. The number of rotatable bonds is 6. The molecule has 8 heteroatoms. The van der Waals surface area contributed by atoms with E-state index < -0.39 is 17.9 Å². The molecule has 0 amide bonds. The van der Waals surface area contributed by atoms with Crippen molar-refractivity contribution in [2.45, 2.75) is 17.7 Å². The zero-order chi connectivity index (χ0) is 13.5. The molecule has 0 bridgehead atoms. The Hall–Kier alpha value is -1.15. The predicted molar refractivity (Wildman–Crippen MR) is 67.5 cm³/mol. The zero-order valence-corrected chi connectivity index (χ0v) is 12.0. The van der Waals surface area contributed by atoms with Crippen molar-refractivity contribution in [3.63, 3.8) is 0 Å². The van der Waals surface area contributed by atoms with Gasteiger partial charge in [0.05, 0.1) is 26.6 Å². The van der Waals surface area contributed by atoms with Gasteiger partial charge >= 0.3 is 11.9 Å². The second kappa shape index (κ2) is 7.32. The minimum atomic E-state index is -0.531. The van der Waals surface area contributed by atoms with E-state index in [1.54, 1.807) is 0 Å². The highest BCUT2D eigenvalue weighted by Gasteiger charge is 2.24. The number of methoxy groups -OCH3 is 2. The number of nitrogens with zero attached hydrogens (tertiary/aromatic N) is 2. The Morgan fingerprint density at radius 1 is 1.33 bits per heavy atom. The maximum atomic E-state index is 11.5. The summed E-state index contributed by atoms with van der Waals surface area (Å²) >= 11 is 2.83. The highest BCUT2D eigenvalue weighted by atomic mass is 32.2. The monoisotopic (exact) mass is 290 g/mol. The number of carbonyl (C=O) groups excluding carboxylic acids is 2. The second-order valence-electron chi connectivity index (χ2n) is 3.40. The summed E-state index contributed by atoms with van der Waals surface area (Å²) in [5, 5.41) is 8.67. The average molecular weight is 290 g/mol. The lowest BCUT2D eigenvalue weighted by molar-refractivity contribution is -0.151. The Morgan fingerprint density at radius 2 is 2.06 bits per heavy atom. The molecule has 0 aliphatic heterocycles. The van der Waals surface area contributed by atoms with Crippen LogP contribution in [0.1, 0.15) is 11.4 Å².